The SMILES string of the molecule is N#Cc1c(-c2ccc(Cl)cc2Cl)nc[nH]c1=O. The molecule has 2 aromatic rings. The molecular formula is C11H5Cl2N3O. The molecule has 0 aliphatic heterocycles. The zero-order valence-electron chi connectivity index (χ0n) is 8.37. The third kappa shape index (κ3) is 2.16. The van der Waals surface area contributed by atoms with Gasteiger partial charge in [0.2, 0.25) is 0 Å². The average molecular weight is 266 g/mol. The fourth-order valence-electron chi connectivity index (χ4n) is 1.39. The van der Waals surface area contributed by atoms with E-state index in [4.69, 9.17) is 28.5 Å². The molecule has 0 spiro atoms. The summed E-state index contributed by atoms with van der Waals surface area (Å²) in [6.45, 7) is 0. The first-order valence-corrected chi connectivity index (χ1v) is 5.32. The van der Waals surface area contributed by atoms with Gasteiger partial charge in [0.05, 0.1) is 17.0 Å². The van der Waals surface area contributed by atoms with Crippen molar-refractivity contribution in [3.63, 3.8) is 0 Å². The summed E-state index contributed by atoms with van der Waals surface area (Å²) >= 11 is 11.8. The van der Waals surface area contributed by atoms with Crippen LogP contribution in [0.5, 0.6) is 0 Å². The van der Waals surface area contributed by atoms with Crippen molar-refractivity contribution >= 4 is 23.2 Å². The Balaban J connectivity index is 2.74. The summed E-state index contributed by atoms with van der Waals surface area (Å²) in [5.41, 5.74) is 0.178. The second-order valence-electron chi connectivity index (χ2n) is 3.19. The number of rotatable bonds is 1. The first kappa shape index (κ1) is 11.6. The minimum atomic E-state index is -0.497. The molecule has 0 saturated carbocycles. The van der Waals surface area contributed by atoms with E-state index in [0.29, 0.717) is 15.6 Å². The molecular weight excluding hydrogens is 261 g/mol. The van der Waals surface area contributed by atoms with Gasteiger partial charge in [-0.3, -0.25) is 4.79 Å². The average Bonchev–Trinajstić information content (AvgIpc) is 2.29. The molecule has 0 unspecified atom stereocenters. The van der Waals surface area contributed by atoms with Crippen molar-refractivity contribution in [2.24, 2.45) is 0 Å². The van der Waals surface area contributed by atoms with Crippen molar-refractivity contribution in [3.05, 3.63) is 50.5 Å². The number of hydrogen-bond acceptors (Lipinski definition) is 3. The summed E-state index contributed by atoms with van der Waals surface area (Å²) in [4.78, 5) is 17.7. The van der Waals surface area contributed by atoms with Gasteiger partial charge in [0.25, 0.3) is 5.56 Å². The molecule has 0 aliphatic rings. The van der Waals surface area contributed by atoms with Crippen LogP contribution in [0, 0.1) is 11.3 Å². The molecule has 84 valence electrons. The molecule has 2 rings (SSSR count). The Bertz CT molecular complexity index is 673. The van der Waals surface area contributed by atoms with Gasteiger partial charge in [-0.15, -0.1) is 0 Å². The number of aromatic nitrogens is 2. The van der Waals surface area contributed by atoms with Crippen molar-refractivity contribution in [1.29, 1.82) is 5.26 Å². The number of H-pyrrole nitrogens is 1. The molecule has 0 fully saturated rings. The van der Waals surface area contributed by atoms with Crippen LogP contribution in [0.25, 0.3) is 11.3 Å². The van der Waals surface area contributed by atoms with Crippen LogP contribution in [-0.4, -0.2) is 9.97 Å². The summed E-state index contributed by atoms with van der Waals surface area (Å²) in [5, 5.41) is 9.74. The standard InChI is InChI=1S/C11H5Cl2N3O/c12-6-1-2-7(9(13)3-6)10-8(4-14)11(17)16-5-15-10/h1-3,5H,(H,15,16,17). The fraction of sp³-hybridized carbons (Fsp3) is 0. The van der Waals surface area contributed by atoms with E-state index in [2.05, 4.69) is 9.97 Å². The van der Waals surface area contributed by atoms with E-state index in [1.165, 1.54) is 12.4 Å². The predicted octanol–water partition coefficient (Wildman–Crippen LogP) is 2.62. The lowest BCUT2D eigenvalue weighted by Crippen LogP contribution is -2.12. The van der Waals surface area contributed by atoms with Crippen molar-refractivity contribution < 1.29 is 0 Å². The van der Waals surface area contributed by atoms with Gasteiger partial charge in [-0.05, 0) is 18.2 Å². The molecule has 4 nitrogen and oxygen atoms in total. The minimum Gasteiger partial charge on any atom is -0.312 e. The lowest BCUT2D eigenvalue weighted by Gasteiger charge is -2.04. The zero-order chi connectivity index (χ0) is 12.4. The molecule has 0 bridgehead atoms. The highest BCUT2D eigenvalue weighted by Crippen LogP contribution is 2.29. The molecule has 0 amide bonds. The van der Waals surface area contributed by atoms with Gasteiger partial charge < -0.3 is 4.98 Å². The Hall–Kier alpha value is -1.83. The van der Waals surface area contributed by atoms with Gasteiger partial charge in [0, 0.05) is 10.6 Å². The highest BCUT2D eigenvalue weighted by molar-refractivity contribution is 6.36. The highest BCUT2D eigenvalue weighted by Gasteiger charge is 2.13. The van der Waals surface area contributed by atoms with Gasteiger partial charge in [-0.1, -0.05) is 23.2 Å². The van der Waals surface area contributed by atoms with Gasteiger partial charge in [0.15, 0.2) is 0 Å². The molecule has 0 saturated heterocycles. The summed E-state index contributed by atoms with van der Waals surface area (Å²) in [6, 6.07) is 6.57. The van der Waals surface area contributed by atoms with Crippen LogP contribution >= 0.6 is 23.2 Å². The van der Waals surface area contributed by atoms with Crippen molar-refractivity contribution in [3.8, 4) is 17.3 Å². The molecule has 1 aromatic heterocycles. The van der Waals surface area contributed by atoms with Gasteiger partial charge >= 0.3 is 0 Å². The zero-order valence-corrected chi connectivity index (χ0v) is 9.88. The van der Waals surface area contributed by atoms with Crippen LogP contribution in [0.3, 0.4) is 0 Å². The quantitative estimate of drug-likeness (QED) is 0.862. The molecule has 0 radical (unpaired) electrons. The van der Waals surface area contributed by atoms with E-state index in [0.717, 1.165) is 0 Å². The number of nitrogens with zero attached hydrogens (tertiary/aromatic N) is 2. The first-order chi connectivity index (χ1) is 8.13. The number of halogens is 2. The number of nitriles is 1. The van der Waals surface area contributed by atoms with Gasteiger partial charge in [0.1, 0.15) is 11.6 Å². The minimum absolute atomic E-state index is 0.0725. The molecule has 17 heavy (non-hydrogen) atoms. The van der Waals surface area contributed by atoms with Crippen LogP contribution < -0.4 is 5.56 Å². The Morgan fingerprint density at radius 3 is 2.76 bits per heavy atom. The normalized spacial score (nSPS) is 9.94. The largest absolute Gasteiger partial charge is 0.312 e. The second-order valence-corrected chi connectivity index (χ2v) is 4.03. The topological polar surface area (TPSA) is 69.5 Å². The summed E-state index contributed by atoms with van der Waals surface area (Å²) in [6.07, 6.45) is 1.23. The molecule has 1 aromatic carbocycles. The maximum Gasteiger partial charge on any atom is 0.269 e. The van der Waals surface area contributed by atoms with Gasteiger partial charge in [-0.2, -0.15) is 5.26 Å². The molecule has 1 N–H and O–H groups in total. The smallest absolute Gasteiger partial charge is 0.269 e. The number of benzene rings is 1. The maximum absolute atomic E-state index is 11.4. The van der Waals surface area contributed by atoms with E-state index in [9.17, 15) is 4.79 Å². The van der Waals surface area contributed by atoms with Crippen LogP contribution in [0.1, 0.15) is 5.56 Å². The van der Waals surface area contributed by atoms with Crippen LogP contribution in [0.15, 0.2) is 29.3 Å². The lowest BCUT2D eigenvalue weighted by atomic mass is 10.1. The van der Waals surface area contributed by atoms with E-state index in [1.54, 1.807) is 18.2 Å². The van der Waals surface area contributed by atoms with E-state index < -0.39 is 5.56 Å². The van der Waals surface area contributed by atoms with Crippen molar-refractivity contribution in [2.45, 2.75) is 0 Å². The third-order valence-electron chi connectivity index (χ3n) is 2.15. The number of hydrogen-bond donors (Lipinski definition) is 1. The summed E-state index contributed by atoms with van der Waals surface area (Å²) in [5.74, 6) is 0. The van der Waals surface area contributed by atoms with Gasteiger partial charge in [-0.25, -0.2) is 4.98 Å². The van der Waals surface area contributed by atoms with E-state index in [1.807, 2.05) is 0 Å². The predicted molar refractivity (Wildman–Crippen MR) is 65.0 cm³/mol. The van der Waals surface area contributed by atoms with E-state index in [-0.39, 0.29) is 11.3 Å². The van der Waals surface area contributed by atoms with Crippen LogP contribution in [-0.2, 0) is 0 Å². The van der Waals surface area contributed by atoms with Crippen molar-refractivity contribution in [1.82, 2.24) is 9.97 Å². The molecule has 6 heteroatoms. The molecule has 0 aliphatic carbocycles. The Kier molecular flexibility index (Phi) is 3.14. The monoisotopic (exact) mass is 265 g/mol. The second kappa shape index (κ2) is 4.58. The van der Waals surface area contributed by atoms with E-state index >= 15 is 0 Å². The Morgan fingerprint density at radius 1 is 1.35 bits per heavy atom. The van der Waals surface area contributed by atoms with Crippen LogP contribution in [0.2, 0.25) is 10.0 Å². The number of aromatic amines is 1. The Morgan fingerprint density at radius 2 is 2.12 bits per heavy atom. The fourth-order valence-corrected chi connectivity index (χ4v) is 1.89. The maximum atomic E-state index is 11.4. The lowest BCUT2D eigenvalue weighted by molar-refractivity contribution is 1.11. The molecule has 1 heterocycles. The summed E-state index contributed by atoms with van der Waals surface area (Å²) in [7, 11) is 0. The highest BCUT2D eigenvalue weighted by atomic mass is 35.5. The van der Waals surface area contributed by atoms with Crippen molar-refractivity contribution in [2.75, 3.05) is 0 Å². The first-order valence-electron chi connectivity index (χ1n) is 4.56. The van der Waals surface area contributed by atoms with Crippen LogP contribution in [0.4, 0.5) is 0 Å². The number of nitrogens with one attached hydrogen (secondary N) is 1. The Labute approximate surface area is 106 Å². The third-order valence-corrected chi connectivity index (χ3v) is 2.70. The molecule has 0 atom stereocenters. The summed E-state index contributed by atoms with van der Waals surface area (Å²) < 4.78 is 0.